The molecule has 5 nitrogen and oxygen atoms in total. The van der Waals surface area contributed by atoms with E-state index >= 15 is 0 Å². The Morgan fingerprint density at radius 3 is 2.02 bits per heavy atom. The maximum atomic E-state index is 5.00. The Balaban J connectivity index is 0.00000372. The molecule has 10 rings (SSSR count). The van der Waals surface area contributed by atoms with Gasteiger partial charge in [-0.3, -0.25) is 0 Å². The van der Waals surface area contributed by atoms with Crippen molar-refractivity contribution in [3.05, 3.63) is 163 Å². The van der Waals surface area contributed by atoms with Crippen LogP contribution in [0.4, 0.5) is 17.1 Å². The molecule has 1 aliphatic heterocycles. The van der Waals surface area contributed by atoms with E-state index in [-0.39, 0.29) is 31.9 Å². The van der Waals surface area contributed by atoms with Gasteiger partial charge in [0.05, 0.1) is 11.0 Å². The van der Waals surface area contributed by atoms with Crippen molar-refractivity contribution in [2.45, 2.75) is 45.4 Å². The largest absolute Gasteiger partial charge is 2.00 e. The first-order valence-electron chi connectivity index (χ1n) is 17.9. The number of rotatable bonds is 4. The van der Waals surface area contributed by atoms with Crippen molar-refractivity contribution in [2.75, 3.05) is 4.90 Å². The Bertz CT molecular complexity index is 2820. The molecule has 5 heterocycles. The van der Waals surface area contributed by atoms with Crippen molar-refractivity contribution in [2.24, 2.45) is 0 Å². The van der Waals surface area contributed by atoms with Gasteiger partial charge in [-0.05, 0) is 70.5 Å². The van der Waals surface area contributed by atoms with Crippen molar-refractivity contribution >= 4 is 60.9 Å². The van der Waals surface area contributed by atoms with Crippen LogP contribution in [0.1, 0.15) is 51.3 Å². The summed E-state index contributed by atoms with van der Waals surface area (Å²) in [5.41, 5.74) is 12.6. The van der Waals surface area contributed by atoms with Gasteiger partial charge in [0.2, 0.25) is 0 Å². The molecule has 1 aliphatic rings. The summed E-state index contributed by atoms with van der Waals surface area (Å²) in [5.74, 6) is 0. The number of nitrogens with zero attached hydrogens (tertiary/aromatic N) is 5. The molecule has 4 aromatic heterocycles. The van der Waals surface area contributed by atoms with Crippen LogP contribution in [-0.4, -0.2) is 19.1 Å². The van der Waals surface area contributed by atoms with Crippen LogP contribution in [0, 0.1) is 12.1 Å². The Kier molecular flexibility index (Phi) is 7.55. The molecule has 6 heteroatoms. The normalized spacial score (nSPS) is 13.4. The van der Waals surface area contributed by atoms with Crippen LogP contribution in [0.25, 0.3) is 55.2 Å². The van der Waals surface area contributed by atoms with Crippen LogP contribution >= 0.6 is 0 Å². The smallest absolute Gasteiger partial charge is 0.358 e. The second-order valence-corrected chi connectivity index (χ2v) is 15.4. The minimum atomic E-state index is -0.262. The number of pyridine rings is 2. The van der Waals surface area contributed by atoms with Crippen LogP contribution in [0.15, 0.2) is 134 Å². The maximum Gasteiger partial charge on any atom is 2.00 e. The second-order valence-electron chi connectivity index (χ2n) is 15.4. The van der Waals surface area contributed by atoms with Crippen molar-refractivity contribution in [3.8, 4) is 11.4 Å². The van der Waals surface area contributed by atoms with E-state index in [1.807, 2.05) is 24.5 Å². The number of para-hydroxylation sites is 2. The summed E-state index contributed by atoms with van der Waals surface area (Å²) in [7, 11) is 0. The number of hydrogen-bond donors (Lipinski definition) is 0. The molecule has 0 spiro atoms. The third-order valence-electron chi connectivity index (χ3n) is 10.9. The average molecular weight is 867 g/mol. The van der Waals surface area contributed by atoms with Crippen LogP contribution in [-0.2, 0) is 31.9 Å². The average Bonchev–Trinajstić information content (AvgIpc) is 3.68. The zero-order chi connectivity index (χ0) is 35.4. The molecular weight excluding hydrogens is 830 g/mol. The SMILES string of the molecule is CC(C)(C)c1cc2c3c(c1)c1cccnc1n3-c1[c-]c(N(c3[c-]c(-n4c5ccccc5c5cccnc54)ccc3)c3ccccc3)ccc1C2(C)C.[Pt+2]. The summed E-state index contributed by atoms with van der Waals surface area (Å²) in [6.45, 7) is 11.6. The number of hydrogen-bond acceptors (Lipinski definition) is 3. The monoisotopic (exact) mass is 866 g/mol. The predicted octanol–water partition coefficient (Wildman–Crippen LogP) is 11.7. The molecule has 0 fully saturated rings. The van der Waals surface area contributed by atoms with Gasteiger partial charge in [0.25, 0.3) is 0 Å². The van der Waals surface area contributed by atoms with Gasteiger partial charge in [-0.15, -0.1) is 35.9 Å². The fourth-order valence-electron chi connectivity index (χ4n) is 8.26. The summed E-state index contributed by atoms with van der Waals surface area (Å²) in [5, 5.41) is 4.69. The van der Waals surface area contributed by atoms with Crippen LogP contribution in [0.2, 0.25) is 0 Å². The van der Waals surface area contributed by atoms with Gasteiger partial charge in [0.15, 0.2) is 0 Å². The van der Waals surface area contributed by atoms with Crippen molar-refractivity contribution in [1.29, 1.82) is 0 Å². The van der Waals surface area contributed by atoms with Crippen LogP contribution in [0.5, 0.6) is 0 Å². The van der Waals surface area contributed by atoms with E-state index in [1.54, 1.807) is 0 Å². The summed E-state index contributed by atoms with van der Waals surface area (Å²) in [4.78, 5) is 12.1. The first-order chi connectivity index (χ1) is 25.2. The van der Waals surface area contributed by atoms with E-state index in [0.717, 1.165) is 56.0 Å². The molecular formula is C47H37N5Pt. The summed E-state index contributed by atoms with van der Waals surface area (Å²) < 4.78 is 4.57. The molecule has 0 saturated carbocycles. The van der Waals surface area contributed by atoms with E-state index in [4.69, 9.17) is 9.97 Å². The molecule has 0 saturated heterocycles. The standard InChI is InChI=1S/C47H37N5.Pt/c1-46(2,3)30-26-38-37-20-13-25-49-45(37)52-42-29-34(22-23-39(42)47(4,5)40(27-30)43(38)52)50(31-14-7-6-8-15-31)32-16-11-17-33(28-32)51-41-21-10-9-18-35(41)36-19-12-24-48-44(36)51;/h6-27H,1-5H3;/q-2;+2. The Morgan fingerprint density at radius 1 is 0.604 bits per heavy atom. The number of anilines is 3. The summed E-state index contributed by atoms with van der Waals surface area (Å²) in [6, 6.07) is 50.9. The zero-order valence-corrected chi connectivity index (χ0v) is 32.5. The molecule has 0 atom stereocenters. The van der Waals surface area contributed by atoms with E-state index in [0.29, 0.717) is 0 Å². The van der Waals surface area contributed by atoms with Gasteiger partial charge >= 0.3 is 21.1 Å². The fraction of sp³-hybridized carbons (Fsp3) is 0.149. The minimum absolute atomic E-state index is 0. The van der Waals surface area contributed by atoms with Crippen molar-refractivity contribution in [3.63, 3.8) is 0 Å². The molecule has 53 heavy (non-hydrogen) atoms. The number of benzene rings is 5. The molecule has 9 aromatic rings. The molecule has 0 radical (unpaired) electrons. The molecule has 0 bridgehead atoms. The van der Waals surface area contributed by atoms with Crippen molar-refractivity contribution < 1.29 is 21.1 Å². The summed E-state index contributed by atoms with van der Waals surface area (Å²) in [6.07, 6.45) is 3.76. The quantitative estimate of drug-likeness (QED) is 0.165. The van der Waals surface area contributed by atoms with E-state index in [9.17, 15) is 0 Å². The fourth-order valence-corrected chi connectivity index (χ4v) is 8.26. The molecule has 5 aromatic carbocycles. The van der Waals surface area contributed by atoms with Crippen molar-refractivity contribution in [1.82, 2.24) is 19.1 Å². The Morgan fingerprint density at radius 2 is 1.26 bits per heavy atom. The number of fused-ring (bicyclic) bond motifs is 8. The van der Waals surface area contributed by atoms with Gasteiger partial charge < -0.3 is 14.0 Å². The van der Waals surface area contributed by atoms with Crippen LogP contribution in [0.3, 0.4) is 0 Å². The maximum absolute atomic E-state index is 5.00. The van der Waals surface area contributed by atoms with E-state index in [1.165, 1.54) is 33.0 Å². The molecule has 260 valence electrons. The predicted molar refractivity (Wildman–Crippen MR) is 214 cm³/mol. The number of aromatic nitrogens is 4. The van der Waals surface area contributed by atoms with Gasteiger partial charge in [-0.1, -0.05) is 99.8 Å². The molecule has 0 unspecified atom stereocenters. The Hall–Kier alpha value is -5.51. The third kappa shape index (κ3) is 4.94. The minimum Gasteiger partial charge on any atom is -0.358 e. The van der Waals surface area contributed by atoms with Gasteiger partial charge in [-0.2, -0.15) is 12.1 Å². The molecule has 0 aliphatic carbocycles. The summed E-state index contributed by atoms with van der Waals surface area (Å²) >= 11 is 0. The van der Waals surface area contributed by atoms with E-state index < -0.39 is 0 Å². The first kappa shape index (κ1) is 33.3. The molecule has 0 amide bonds. The second kappa shape index (κ2) is 12.0. The first-order valence-corrected chi connectivity index (χ1v) is 17.9. The zero-order valence-electron chi connectivity index (χ0n) is 30.3. The van der Waals surface area contributed by atoms with Gasteiger partial charge in [-0.25, -0.2) is 9.97 Å². The topological polar surface area (TPSA) is 38.9 Å². The van der Waals surface area contributed by atoms with Gasteiger partial charge in [0, 0.05) is 39.6 Å². The van der Waals surface area contributed by atoms with Gasteiger partial charge in [0.1, 0.15) is 11.3 Å². The third-order valence-corrected chi connectivity index (χ3v) is 10.9. The Labute approximate surface area is 323 Å². The molecule has 0 N–H and O–H groups in total. The van der Waals surface area contributed by atoms with Crippen LogP contribution < -0.4 is 4.90 Å². The van der Waals surface area contributed by atoms with E-state index in [2.05, 4.69) is 170 Å².